The van der Waals surface area contributed by atoms with Crippen LogP contribution in [0.4, 0.5) is 4.39 Å². The van der Waals surface area contributed by atoms with Gasteiger partial charge in [-0.3, -0.25) is 0 Å². The highest BCUT2D eigenvalue weighted by Gasteiger charge is 2.19. The molecule has 0 spiro atoms. The smallest absolute Gasteiger partial charge is 0.213 e. The lowest BCUT2D eigenvalue weighted by atomic mass is 10.1. The molecule has 0 bridgehead atoms. The molecule has 20 heavy (non-hydrogen) atoms. The van der Waals surface area contributed by atoms with Crippen LogP contribution in [0.2, 0.25) is 0 Å². The zero-order chi connectivity index (χ0) is 13.8. The number of rotatable bonds is 4. The minimum atomic E-state index is -1.39. The number of thioether (sulfide) groups is 1. The Hall–Kier alpha value is -2.21. The first-order valence-corrected chi connectivity index (χ1v) is 6.80. The number of hydrogen-bond donors (Lipinski definition) is 0. The van der Waals surface area contributed by atoms with E-state index in [9.17, 15) is 4.39 Å². The predicted octanol–water partition coefficient (Wildman–Crippen LogP) is 3.89. The number of alkyl halides is 1. The molecule has 0 aliphatic carbocycles. The molecule has 0 N–H and O–H groups in total. The number of nitrogens with zero attached hydrogens (tertiary/aromatic N) is 3. The van der Waals surface area contributed by atoms with Gasteiger partial charge in [-0.05, 0) is 17.8 Å². The molecule has 100 valence electrons. The van der Waals surface area contributed by atoms with Gasteiger partial charge in [-0.25, -0.2) is 14.4 Å². The number of aromatic nitrogens is 3. The van der Waals surface area contributed by atoms with E-state index in [1.807, 2.05) is 30.3 Å². The molecule has 3 aromatic rings. The van der Waals surface area contributed by atoms with E-state index in [-0.39, 0.29) is 5.76 Å². The molecule has 0 aliphatic rings. The van der Waals surface area contributed by atoms with Crippen LogP contribution in [-0.2, 0) is 0 Å². The van der Waals surface area contributed by atoms with Crippen LogP contribution in [0.25, 0.3) is 11.3 Å². The van der Waals surface area contributed by atoms with Crippen molar-refractivity contribution in [3.8, 4) is 11.3 Å². The van der Waals surface area contributed by atoms with E-state index >= 15 is 0 Å². The van der Waals surface area contributed by atoms with Gasteiger partial charge in [0.05, 0.1) is 0 Å². The molecule has 0 saturated carbocycles. The maximum Gasteiger partial charge on any atom is 0.213 e. The van der Waals surface area contributed by atoms with Gasteiger partial charge in [-0.2, -0.15) is 0 Å². The summed E-state index contributed by atoms with van der Waals surface area (Å²) in [5.41, 5.74) is 0.107. The maximum absolute atomic E-state index is 14.1. The fourth-order valence-corrected chi connectivity index (χ4v) is 2.29. The van der Waals surface area contributed by atoms with Crippen molar-refractivity contribution in [1.29, 1.82) is 0 Å². The van der Waals surface area contributed by atoms with Crippen molar-refractivity contribution >= 4 is 11.8 Å². The molecule has 3 rings (SSSR count). The van der Waals surface area contributed by atoms with Crippen molar-refractivity contribution in [2.24, 2.45) is 0 Å². The third kappa shape index (κ3) is 2.85. The summed E-state index contributed by atoms with van der Waals surface area (Å²) in [4.78, 5) is 7.92. The Morgan fingerprint density at radius 3 is 2.55 bits per heavy atom. The largest absolute Gasteiger partial charge is 0.357 e. The second-order valence-electron chi connectivity index (χ2n) is 3.95. The Kier molecular flexibility index (Phi) is 3.73. The first kappa shape index (κ1) is 12.8. The summed E-state index contributed by atoms with van der Waals surface area (Å²) in [6.07, 6.45) is 3.13. The molecule has 0 saturated heterocycles. The summed E-state index contributed by atoms with van der Waals surface area (Å²) in [5.74, 6) is 0.154. The van der Waals surface area contributed by atoms with Crippen LogP contribution in [-0.4, -0.2) is 15.1 Å². The molecule has 0 radical (unpaired) electrons. The molecule has 0 amide bonds. The van der Waals surface area contributed by atoms with Crippen molar-refractivity contribution in [1.82, 2.24) is 15.1 Å². The zero-order valence-corrected chi connectivity index (χ0v) is 11.1. The average molecular weight is 287 g/mol. The lowest BCUT2D eigenvalue weighted by Gasteiger charge is -2.01. The van der Waals surface area contributed by atoms with E-state index in [4.69, 9.17) is 4.52 Å². The molecule has 1 atom stereocenters. The predicted molar refractivity (Wildman–Crippen MR) is 73.7 cm³/mol. The monoisotopic (exact) mass is 287 g/mol. The molecule has 2 heterocycles. The van der Waals surface area contributed by atoms with Gasteiger partial charge in [0, 0.05) is 24.0 Å². The molecule has 1 unspecified atom stereocenters. The van der Waals surface area contributed by atoms with Gasteiger partial charge in [-0.15, -0.1) is 0 Å². The quantitative estimate of drug-likeness (QED) is 0.538. The van der Waals surface area contributed by atoms with Gasteiger partial charge in [-0.1, -0.05) is 35.5 Å². The summed E-state index contributed by atoms with van der Waals surface area (Å²) in [5, 5.41) is 4.24. The Labute approximate surface area is 119 Å². The van der Waals surface area contributed by atoms with Crippen molar-refractivity contribution in [3.63, 3.8) is 0 Å². The highest BCUT2D eigenvalue weighted by Crippen LogP contribution is 2.35. The van der Waals surface area contributed by atoms with Crippen LogP contribution in [0, 0.1) is 0 Å². The number of halogens is 1. The second-order valence-corrected chi connectivity index (χ2v) is 4.96. The molecule has 4 nitrogen and oxygen atoms in total. The Bertz CT molecular complexity index is 675. The van der Waals surface area contributed by atoms with Gasteiger partial charge in [0.1, 0.15) is 5.69 Å². The Balaban J connectivity index is 1.77. The first-order valence-electron chi connectivity index (χ1n) is 5.93. The molecule has 0 fully saturated rings. The second kappa shape index (κ2) is 5.83. The SMILES string of the molecule is FC(Sc1ncccn1)c1cc(-c2ccccc2)no1. The van der Waals surface area contributed by atoms with Crippen LogP contribution in [0.15, 0.2) is 64.5 Å². The lowest BCUT2D eigenvalue weighted by molar-refractivity contribution is 0.324. The minimum Gasteiger partial charge on any atom is -0.357 e. The van der Waals surface area contributed by atoms with Gasteiger partial charge in [0.25, 0.3) is 0 Å². The van der Waals surface area contributed by atoms with E-state index in [1.54, 1.807) is 24.5 Å². The molecule has 0 aliphatic heterocycles. The summed E-state index contributed by atoms with van der Waals surface area (Å²) >= 11 is 0.883. The van der Waals surface area contributed by atoms with Gasteiger partial charge < -0.3 is 4.52 Å². The van der Waals surface area contributed by atoms with E-state index in [0.717, 1.165) is 17.3 Å². The van der Waals surface area contributed by atoms with Crippen LogP contribution in [0.3, 0.4) is 0 Å². The van der Waals surface area contributed by atoms with Crippen LogP contribution in [0.5, 0.6) is 0 Å². The molecule has 1 aromatic carbocycles. The molecule has 2 aromatic heterocycles. The summed E-state index contributed by atoms with van der Waals surface area (Å²) in [6, 6.07) is 12.7. The fourth-order valence-electron chi connectivity index (χ4n) is 1.64. The standard InChI is InChI=1S/C14H10FN3OS/c15-13(20-14-16-7-4-8-17-14)12-9-11(18-19-12)10-5-2-1-3-6-10/h1-9,13H. The lowest BCUT2D eigenvalue weighted by Crippen LogP contribution is -1.88. The van der Waals surface area contributed by atoms with Crippen molar-refractivity contribution in [2.45, 2.75) is 10.7 Å². The van der Waals surface area contributed by atoms with Crippen LogP contribution in [0.1, 0.15) is 11.3 Å². The summed E-state index contributed by atoms with van der Waals surface area (Å²) in [6.45, 7) is 0. The highest BCUT2D eigenvalue weighted by molar-refractivity contribution is 7.99. The van der Waals surface area contributed by atoms with E-state index < -0.39 is 5.50 Å². The van der Waals surface area contributed by atoms with E-state index in [0.29, 0.717) is 10.9 Å². The molecular weight excluding hydrogens is 277 g/mol. The zero-order valence-electron chi connectivity index (χ0n) is 10.3. The Morgan fingerprint density at radius 1 is 1.05 bits per heavy atom. The average Bonchev–Trinajstić information content (AvgIpc) is 2.99. The number of hydrogen-bond acceptors (Lipinski definition) is 5. The van der Waals surface area contributed by atoms with Crippen LogP contribution >= 0.6 is 11.8 Å². The number of benzene rings is 1. The summed E-state index contributed by atoms with van der Waals surface area (Å²) < 4.78 is 19.2. The maximum atomic E-state index is 14.1. The third-order valence-corrected chi connectivity index (χ3v) is 3.43. The first-order chi connectivity index (χ1) is 9.83. The topological polar surface area (TPSA) is 51.8 Å². The molecular formula is C14H10FN3OS. The molecule has 6 heteroatoms. The van der Waals surface area contributed by atoms with Crippen molar-refractivity contribution in [3.05, 3.63) is 60.6 Å². The summed E-state index contributed by atoms with van der Waals surface area (Å²) in [7, 11) is 0. The van der Waals surface area contributed by atoms with Gasteiger partial charge >= 0.3 is 0 Å². The van der Waals surface area contributed by atoms with Crippen molar-refractivity contribution < 1.29 is 8.91 Å². The van der Waals surface area contributed by atoms with Gasteiger partial charge in [0.2, 0.25) is 5.50 Å². The fraction of sp³-hybridized carbons (Fsp3) is 0.0714. The van der Waals surface area contributed by atoms with Gasteiger partial charge in [0.15, 0.2) is 10.9 Å². The van der Waals surface area contributed by atoms with Crippen LogP contribution < -0.4 is 0 Å². The third-order valence-electron chi connectivity index (χ3n) is 2.57. The normalized spacial score (nSPS) is 12.2. The van der Waals surface area contributed by atoms with Crippen molar-refractivity contribution in [2.75, 3.05) is 0 Å². The minimum absolute atomic E-state index is 0.154. The Morgan fingerprint density at radius 2 is 1.80 bits per heavy atom. The van der Waals surface area contributed by atoms with E-state index in [2.05, 4.69) is 15.1 Å². The highest BCUT2D eigenvalue weighted by atomic mass is 32.2. The van der Waals surface area contributed by atoms with E-state index in [1.165, 1.54) is 0 Å².